The molecule has 30 heavy (non-hydrogen) atoms. The molecule has 6 nitrogen and oxygen atoms in total. The van der Waals surface area contributed by atoms with E-state index in [-0.39, 0.29) is 30.1 Å². The van der Waals surface area contributed by atoms with Gasteiger partial charge in [-0.25, -0.2) is 4.98 Å². The summed E-state index contributed by atoms with van der Waals surface area (Å²) in [5, 5.41) is 2.48. The van der Waals surface area contributed by atoms with Crippen molar-refractivity contribution in [1.29, 1.82) is 0 Å². The van der Waals surface area contributed by atoms with Crippen molar-refractivity contribution in [3.63, 3.8) is 0 Å². The van der Waals surface area contributed by atoms with Crippen molar-refractivity contribution in [2.75, 3.05) is 16.8 Å². The highest BCUT2D eigenvalue weighted by Crippen LogP contribution is 2.30. The number of aromatic nitrogens is 3. The second-order valence-electron chi connectivity index (χ2n) is 8.48. The number of rotatable bonds is 4. The molecule has 0 atom stereocenters. The van der Waals surface area contributed by atoms with Gasteiger partial charge in [0.1, 0.15) is 0 Å². The minimum atomic E-state index is -4.45. The Morgan fingerprint density at radius 2 is 1.93 bits per heavy atom. The topological polar surface area (TPSA) is 71.0 Å². The molecule has 1 aliphatic rings. The largest absolute Gasteiger partial charge is 0.417 e. The van der Waals surface area contributed by atoms with Crippen molar-refractivity contribution in [2.24, 2.45) is 5.41 Å². The van der Waals surface area contributed by atoms with Crippen molar-refractivity contribution in [3.8, 4) is 0 Å². The molecular formula is C20H23F4N5O. The van der Waals surface area contributed by atoms with Gasteiger partial charge in [0.25, 0.3) is 5.95 Å². The fourth-order valence-electron chi connectivity index (χ4n) is 3.18. The van der Waals surface area contributed by atoms with E-state index in [4.69, 9.17) is 0 Å². The maximum Gasteiger partial charge on any atom is 0.417 e. The molecule has 0 unspecified atom stereocenters. The molecule has 2 aromatic rings. The Hall–Kier alpha value is -2.78. The molecule has 0 radical (unpaired) electrons. The Bertz CT molecular complexity index is 923. The van der Waals surface area contributed by atoms with E-state index < -0.39 is 17.7 Å². The van der Waals surface area contributed by atoms with Crippen LogP contribution in [-0.4, -0.2) is 27.4 Å². The van der Waals surface area contributed by atoms with Crippen LogP contribution in [0, 0.1) is 11.4 Å². The van der Waals surface area contributed by atoms with Crippen LogP contribution in [0.3, 0.4) is 0 Å². The zero-order valence-electron chi connectivity index (χ0n) is 17.0. The lowest BCUT2D eigenvalue weighted by molar-refractivity contribution is -0.137. The van der Waals surface area contributed by atoms with Gasteiger partial charge in [-0.15, -0.1) is 0 Å². The molecule has 1 N–H and O–H groups in total. The number of aryl methyl sites for hydroxylation is 1. The van der Waals surface area contributed by atoms with E-state index in [2.05, 4.69) is 20.3 Å². The zero-order valence-corrected chi connectivity index (χ0v) is 17.0. The molecule has 2 aromatic heterocycles. The zero-order chi connectivity index (χ0) is 22.1. The number of pyridine rings is 1. The maximum absolute atomic E-state index is 14.5. The Morgan fingerprint density at radius 3 is 2.53 bits per heavy atom. The Morgan fingerprint density at radius 1 is 1.20 bits per heavy atom. The Kier molecular flexibility index (Phi) is 5.96. The lowest BCUT2D eigenvalue weighted by Gasteiger charge is -2.29. The number of carbonyl (C=O) groups excluding carboxylic acids is 1. The van der Waals surface area contributed by atoms with E-state index in [0.29, 0.717) is 36.6 Å². The third-order valence-electron chi connectivity index (χ3n) is 4.50. The highest BCUT2D eigenvalue weighted by molar-refractivity contribution is 5.90. The summed E-state index contributed by atoms with van der Waals surface area (Å²) in [4.78, 5) is 25.9. The summed E-state index contributed by atoms with van der Waals surface area (Å²) in [6, 6.07) is 2.26. The molecule has 0 aromatic carbocycles. The van der Waals surface area contributed by atoms with Gasteiger partial charge < -0.3 is 10.2 Å². The smallest absolute Gasteiger partial charge is 0.349 e. The first kappa shape index (κ1) is 21.9. The molecule has 3 heterocycles. The number of nitrogens with zero attached hydrogens (tertiary/aromatic N) is 4. The van der Waals surface area contributed by atoms with Crippen LogP contribution in [0.2, 0.25) is 0 Å². The van der Waals surface area contributed by atoms with Crippen LogP contribution >= 0.6 is 0 Å². The molecule has 3 rings (SSSR count). The summed E-state index contributed by atoms with van der Waals surface area (Å²) in [6.45, 7) is 6.41. The van der Waals surface area contributed by atoms with Crippen molar-refractivity contribution >= 4 is 17.5 Å². The normalized spacial score (nSPS) is 14.4. The molecular weight excluding hydrogens is 402 g/mol. The van der Waals surface area contributed by atoms with Gasteiger partial charge in [0.05, 0.1) is 23.5 Å². The monoisotopic (exact) mass is 425 g/mol. The number of hydrogen-bond acceptors (Lipinski definition) is 5. The second kappa shape index (κ2) is 8.16. The van der Waals surface area contributed by atoms with Gasteiger partial charge >= 0.3 is 6.18 Å². The molecule has 0 bridgehead atoms. The molecule has 0 spiro atoms. The minimum Gasteiger partial charge on any atom is -0.349 e. The van der Waals surface area contributed by atoms with E-state index in [1.165, 1.54) is 6.07 Å². The molecule has 0 aliphatic carbocycles. The van der Waals surface area contributed by atoms with Crippen LogP contribution in [-0.2, 0) is 23.9 Å². The quantitative estimate of drug-likeness (QED) is 0.738. The maximum atomic E-state index is 14.5. The van der Waals surface area contributed by atoms with Crippen LogP contribution in [0.15, 0.2) is 18.3 Å². The molecule has 0 saturated heterocycles. The number of anilines is 2. The molecule has 10 heteroatoms. The summed E-state index contributed by atoms with van der Waals surface area (Å²) in [7, 11) is 0. The van der Waals surface area contributed by atoms with Crippen LogP contribution < -0.4 is 10.2 Å². The third kappa shape index (κ3) is 5.43. The number of nitrogens with one attached hydrogen (secondary N) is 1. The number of carbonyl (C=O) groups is 1. The van der Waals surface area contributed by atoms with Gasteiger partial charge in [0.15, 0.2) is 11.6 Å². The highest BCUT2D eigenvalue weighted by atomic mass is 19.4. The first-order chi connectivity index (χ1) is 13.9. The summed E-state index contributed by atoms with van der Waals surface area (Å²) in [6.07, 6.45) is -2.20. The number of amides is 1. The van der Waals surface area contributed by atoms with Crippen LogP contribution in [0.1, 0.15) is 50.6 Å². The molecule has 162 valence electrons. The predicted octanol–water partition coefficient (Wildman–Crippen LogP) is 4.36. The second-order valence-corrected chi connectivity index (χ2v) is 8.48. The SMILES string of the molecule is CC(C)(C)CC(=O)Nc1nc2c(nc1F)N(Cc1ccc(C(F)(F)F)cn1)CCC2. The first-order valence-corrected chi connectivity index (χ1v) is 9.56. The summed E-state index contributed by atoms with van der Waals surface area (Å²) < 4.78 is 52.6. The number of fused-ring (bicyclic) bond motifs is 1. The summed E-state index contributed by atoms with van der Waals surface area (Å²) in [5.41, 5.74) is -0.152. The van der Waals surface area contributed by atoms with E-state index in [1.807, 2.05) is 20.8 Å². The van der Waals surface area contributed by atoms with Crippen molar-refractivity contribution in [2.45, 2.75) is 52.8 Å². The van der Waals surface area contributed by atoms with Gasteiger partial charge in [-0.1, -0.05) is 20.8 Å². The van der Waals surface area contributed by atoms with E-state index >= 15 is 0 Å². The summed E-state index contributed by atoms with van der Waals surface area (Å²) in [5.74, 6) is -1.15. The number of alkyl halides is 3. The predicted molar refractivity (Wildman–Crippen MR) is 103 cm³/mol. The average Bonchev–Trinajstić information content (AvgIpc) is 2.61. The first-order valence-electron chi connectivity index (χ1n) is 9.56. The van der Waals surface area contributed by atoms with E-state index in [9.17, 15) is 22.4 Å². The summed E-state index contributed by atoms with van der Waals surface area (Å²) >= 11 is 0. The minimum absolute atomic E-state index is 0.176. The lowest BCUT2D eigenvalue weighted by atomic mass is 9.92. The molecule has 1 aliphatic heterocycles. The van der Waals surface area contributed by atoms with Crippen LogP contribution in [0.25, 0.3) is 0 Å². The van der Waals surface area contributed by atoms with Gasteiger partial charge in [-0.05, 0) is 30.4 Å². The van der Waals surface area contributed by atoms with Gasteiger partial charge in [0, 0.05) is 19.2 Å². The standard InChI is InChI=1S/C20H23F4N5O/c1-19(2,3)9-15(30)27-17-16(21)28-18-14(26-17)5-4-8-29(18)11-13-7-6-12(10-25-13)20(22,23)24/h6-7,10H,4-5,8-9,11H2,1-3H3,(H,26,27,30). The Labute approximate surface area is 171 Å². The molecule has 0 saturated carbocycles. The van der Waals surface area contributed by atoms with E-state index in [0.717, 1.165) is 12.3 Å². The molecule has 0 fully saturated rings. The van der Waals surface area contributed by atoms with Gasteiger partial charge in [-0.3, -0.25) is 9.78 Å². The number of hydrogen-bond donors (Lipinski definition) is 1. The third-order valence-corrected chi connectivity index (χ3v) is 4.50. The van der Waals surface area contributed by atoms with E-state index in [1.54, 1.807) is 4.90 Å². The van der Waals surface area contributed by atoms with Crippen LogP contribution in [0.5, 0.6) is 0 Å². The fraction of sp³-hybridized carbons (Fsp3) is 0.500. The van der Waals surface area contributed by atoms with Crippen molar-refractivity contribution in [3.05, 3.63) is 41.2 Å². The van der Waals surface area contributed by atoms with Crippen LogP contribution in [0.4, 0.5) is 29.2 Å². The van der Waals surface area contributed by atoms with Crippen molar-refractivity contribution in [1.82, 2.24) is 15.0 Å². The van der Waals surface area contributed by atoms with Gasteiger partial charge in [0.2, 0.25) is 5.91 Å². The molecule has 1 amide bonds. The van der Waals surface area contributed by atoms with Crippen molar-refractivity contribution < 1.29 is 22.4 Å². The highest BCUT2D eigenvalue weighted by Gasteiger charge is 2.31. The lowest BCUT2D eigenvalue weighted by Crippen LogP contribution is -2.32. The average molecular weight is 425 g/mol. The number of halogens is 4. The fourth-order valence-corrected chi connectivity index (χ4v) is 3.18. The van der Waals surface area contributed by atoms with Gasteiger partial charge in [-0.2, -0.15) is 22.5 Å². The Balaban J connectivity index is 1.77.